The number of nitrogens with zero attached hydrogens (tertiary/aromatic N) is 1. The monoisotopic (exact) mass is 448 g/mol. The molecule has 0 heterocycles. The number of aliphatic hydroxyl groups is 2. The van der Waals surface area contributed by atoms with Crippen LogP contribution >= 0.6 is 0 Å². The molecule has 0 saturated heterocycles. The third kappa shape index (κ3) is 8.00. The summed E-state index contributed by atoms with van der Waals surface area (Å²) in [4.78, 5) is 14.1. The highest BCUT2D eigenvalue weighted by Gasteiger charge is 2.43. The molecule has 2 rings (SSSR count). The molecule has 0 unspecified atom stereocenters. The van der Waals surface area contributed by atoms with Crippen LogP contribution in [0.15, 0.2) is 23.8 Å². The number of unbranched alkanes of at least 4 members (excludes halogenated alkanes) is 1. The van der Waals surface area contributed by atoms with Gasteiger partial charge in [0.2, 0.25) is 5.91 Å². The fraction of sp³-hybridized carbons (Fsp3) is 0.815. The molecule has 0 aromatic rings. The van der Waals surface area contributed by atoms with E-state index in [9.17, 15) is 15.0 Å². The van der Waals surface area contributed by atoms with Gasteiger partial charge in [0.1, 0.15) is 0 Å². The fourth-order valence-electron chi connectivity index (χ4n) is 5.14. The predicted molar refractivity (Wildman–Crippen MR) is 132 cm³/mol. The number of allylic oxidation sites excluding steroid dienone is 1. The van der Waals surface area contributed by atoms with Crippen molar-refractivity contribution >= 4 is 5.91 Å². The van der Waals surface area contributed by atoms with E-state index < -0.39 is 6.10 Å². The third-order valence-corrected chi connectivity index (χ3v) is 7.45. The molecule has 0 bridgehead atoms. The number of fused-ring (bicyclic) bond motifs is 1. The topological polar surface area (TPSA) is 72.8 Å². The van der Waals surface area contributed by atoms with Crippen LogP contribution in [0.25, 0.3) is 0 Å². The van der Waals surface area contributed by atoms with Gasteiger partial charge in [0.15, 0.2) is 0 Å². The Kier molecular flexibility index (Phi) is 10.4. The molecule has 5 heteroatoms. The van der Waals surface area contributed by atoms with E-state index in [1.54, 1.807) is 0 Å². The fourth-order valence-corrected chi connectivity index (χ4v) is 5.14. The van der Waals surface area contributed by atoms with E-state index in [0.717, 1.165) is 32.2 Å². The number of rotatable bonds is 12. The quantitative estimate of drug-likeness (QED) is 0.307. The average Bonchev–Trinajstić information content (AvgIpc) is 3.22. The van der Waals surface area contributed by atoms with E-state index in [2.05, 4.69) is 31.3 Å². The van der Waals surface area contributed by atoms with Gasteiger partial charge in [-0.1, -0.05) is 56.9 Å². The minimum Gasteiger partial charge on any atom is -0.392 e. The molecule has 6 atom stereocenters. The highest BCUT2D eigenvalue weighted by atomic mass is 16.3. The number of carbonyl (C=O) groups is 1. The summed E-state index contributed by atoms with van der Waals surface area (Å²) in [6.07, 6.45) is 12.3. The van der Waals surface area contributed by atoms with Crippen molar-refractivity contribution < 1.29 is 15.0 Å². The summed E-state index contributed by atoms with van der Waals surface area (Å²) in [5, 5.41) is 24.4. The van der Waals surface area contributed by atoms with Crippen molar-refractivity contribution in [2.75, 3.05) is 20.1 Å². The number of hydrogen-bond acceptors (Lipinski definition) is 4. The zero-order chi connectivity index (χ0) is 23.9. The van der Waals surface area contributed by atoms with Crippen LogP contribution in [0.2, 0.25) is 0 Å². The van der Waals surface area contributed by atoms with E-state index in [1.165, 1.54) is 18.4 Å². The normalized spacial score (nSPS) is 27.4. The molecule has 32 heavy (non-hydrogen) atoms. The lowest BCUT2D eigenvalue weighted by Gasteiger charge is -2.32. The SMILES string of the molecule is CCCC[C@H](C)C[C@H](O)/C=C/[C@@H]1[C@H]2CC(CNCCC(=O)N(C)C(C)(C)C)=C[C@H]2C[C@H]1O. The molecule has 1 saturated carbocycles. The van der Waals surface area contributed by atoms with Crippen LogP contribution in [0.5, 0.6) is 0 Å². The van der Waals surface area contributed by atoms with Gasteiger partial charge in [0.05, 0.1) is 12.2 Å². The van der Waals surface area contributed by atoms with Gasteiger partial charge in [0, 0.05) is 38.0 Å². The maximum Gasteiger partial charge on any atom is 0.224 e. The van der Waals surface area contributed by atoms with Gasteiger partial charge in [-0.3, -0.25) is 4.79 Å². The number of aliphatic hydroxyl groups excluding tert-OH is 2. The van der Waals surface area contributed by atoms with Crippen molar-refractivity contribution in [3.63, 3.8) is 0 Å². The first-order valence-electron chi connectivity index (χ1n) is 12.7. The molecule has 184 valence electrons. The first-order chi connectivity index (χ1) is 15.0. The molecule has 0 aliphatic heterocycles. The lowest BCUT2D eigenvalue weighted by molar-refractivity contribution is -0.133. The molecular formula is C27H48N2O3. The van der Waals surface area contributed by atoms with Crippen molar-refractivity contribution in [3.05, 3.63) is 23.8 Å². The van der Waals surface area contributed by atoms with Crippen LogP contribution in [0.3, 0.4) is 0 Å². The highest BCUT2D eigenvalue weighted by Crippen LogP contribution is 2.47. The summed E-state index contributed by atoms with van der Waals surface area (Å²) in [6.45, 7) is 12.0. The second kappa shape index (κ2) is 12.3. The zero-order valence-electron chi connectivity index (χ0n) is 21.3. The van der Waals surface area contributed by atoms with Crippen molar-refractivity contribution in [3.8, 4) is 0 Å². The van der Waals surface area contributed by atoms with Crippen LogP contribution in [0.1, 0.15) is 79.6 Å². The van der Waals surface area contributed by atoms with Gasteiger partial charge in [0.25, 0.3) is 0 Å². The number of amides is 1. The van der Waals surface area contributed by atoms with Crippen molar-refractivity contribution in [1.29, 1.82) is 0 Å². The van der Waals surface area contributed by atoms with E-state index in [4.69, 9.17) is 0 Å². The molecule has 5 nitrogen and oxygen atoms in total. The Balaban J connectivity index is 1.76. The molecule has 3 N–H and O–H groups in total. The molecular weight excluding hydrogens is 400 g/mol. The van der Waals surface area contributed by atoms with Crippen LogP contribution in [0, 0.1) is 23.7 Å². The summed E-state index contributed by atoms with van der Waals surface area (Å²) < 4.78 is 0. The first-order valence-corrected chi connectivity index (χ1v) is 12.7. The van der Waals surface area contributed by atoms with E-state index in [-0.39, 0.29) is 23.5 Å². The standard InChI is InChI=1S/C27H48N2O3/c1-7-8-9-19(2)14-22(30)10-11-23-24-16-20(15-21(24)17-25(23)31)18-28-13-12-26(32)29(6)27(3,4)5/h10-11,15,19,21-25,28,30-31H,7-9,12-14,16-18H2,1-6H3/b11-10+/t19-,21-,22+,23+,24-,25+/m0/s1. The van der Waals surface area contributed by atoms with Gasteiger partial charge in [-0.2, -0.15) is 0 Å². The maximum atomic E-state index is 12.3. The Morgan fingerprint density at radius 2 is 2.09 bits per heavy atom. The van der Waals surface area contributed by atoms with Crippen LogP contribution < -0.4 is 5.32 Å². The lowest BCUT2D eigenvalue weighted by atomic mass is 9.88. The zero-order valence-corrected chi connectivity index (χ0v) is 21.3. The van der Waals surface area contributed by atoms with Crippen molar-refractivity contribution in [2.45, 2.75) is 97.3 Å². The molecule has 0 spiro atoms. The number of hydrogen-bond donors (Lipinski definition) is 3. The third-order valence-electron chi connectivity index (χ3n) is 7.45. The second-order valence-electron chi connectivity index (χ2n) is 11.2. The van der Waals surface area contributed by atoms with E-state index >= 15 is 0 Å². The van der Waals surface area contributed by atoms with Crippen LogP contribution in [-0.2, 0) is 4.79 Å². The molecule has 0 aromatic heterocycles. The summed E-state index contributed by atoms with van der Waals surface area (Å²) in [5.41, 5.74) is 1.24. The summed E-state index contributed by atoms with van der Waals surface area (Å²) >= 11 is 0. The van der Waals surface area contributed by atoms with Gasteiger partial charge < -0.3 is 20.4 Å². The smallest absolute Gasteiger partial charge is 0.224 e. The Hall–Kier alpha value is -1.17. The minimum atomic E-state index is -0.424. The molecule has 1 amide bonds. The van der Waals surface area contributed by atoms with E-state index in [1.807, 2.05) is 38.8 Å². The summed E-state index contributed by atoms with van der Waals surface area (Å²) in [5.74, 6) is 1.66. The van der Waals surface area contributed by atoms with Crippen molar-refractivity contribution in [1.82, 2.24) is 10.2 Å². The van der Waals surface area contributed by atoms with E-state index in [0.29, 0.717) is 30.7 Å². The summed E-state index contributed by atoms with van der Waals surface area (Å²) in [6, 6.07) is 0. The minimum absolute atomic E-state index is 0.122. The molecule has 0 aromatic carbocycles. The number of carbonyl (C=O) groups excluding carboxylic acids is 1. The lowest BCUT2D eigenvalue weighted by Crippen LogP contribution is -2.43. The van der Waals surface area contributed by atoms with Gasteiger partial charge in [-0.25, -0.2) is 0 Å². The van der Waals surface area contributed by atoms with Gasteiger partial charge >= 0.3 is 0 Å². The largest absolute Gasteiger partial charge is 0.392 e. The van der Waals surface area contributed by atoms with Crippen LogP contribution in [0.4, 0.5) is 0 Å². The molecule has 0 radical (unpaired) electrons. The second-order valence-corrected chi connectivity index (χ2v) is 11.2. The Morgan fingerprint density at radius 3 is 2.75 bits per heavy atom. The van der Waals surface area contributed by atoms with Crippen molar-refractivity contribution in [2.24, 2.45) is 23.7 Å². The number of nitrogens with one attached hydrogen (secondary N) is 1. The Bertz CT molecular complexity index is 652. The average molecular weight is 449 g/mol. The molecule has 1 fully saturated rings. The van der Waals surface area contributed by atoms with Gasteiger partial charge in [-0.05, 0) is 57.8 Å². The van der Waals surface area contributed by atoms with Gasteiger partial charge in [-0.15, -0.1) is 0 Å². The molecule has 2 aliphatic carbocycles. The Morgan fingerprint density at radius 1 is 1.38 bits per heavy atom. The van der Waals surface area contributed by atoms with Crippen LogP contribution in [-0.4, -0.2) is 58.9 Å². The highest BCUT2D eigenvalue weighted by molar-refractivity contribution is 5.76. The maximum absolute atomic E-state index is 12.3. The summed E-state index contributed by atoms with van der Waals surface area (Å²) in [7, 11) is 1.87. The molecule has 2 aliphatic rings. The Labute approximate surface area is 196 Å². The first kappa shape index (κ1) is 27.1. The predicted octanol–water partition coefficient (Wildman–Crippen LogP) is 4.30.